The number of nitrogens with zero attached hydrogens (tertiary/aromatic N) is 4. The van der Waals surface area contributed by atoms with Crippen molar-refractivity contribution in [1.82, 2.24) is 20.0 Å². The van der Waals surface area contributed by atoms with E-state index in [0.717, 1.165) is 12.1 Å². The minimum Gasteiger partial charge on any atom is -0.487 e. The van der Waals surface area contributed by atoms with Gasteiger partial charge in [-0.3, -0.25) is 9.48 Å². The SMILES string of the molecule is O=CNc1cc(OCc2ccc(Cn3cccn3)cc2)cnn1. The molecule has 2 aromatic heterocycles. The van der Waals surface area contributed by atoms with Gasteiger partial charge in [-0.05, 0) is 17.2 Å². The Kier molecular flexibility index (Phi) is 4.58. The van der Waals surface area contributed by atoms with Crippen molar-refractivity contribution in [2.75, 3.05) is 5.32 Å². The lowest BCUT2D eigenvalue weighted by atomic mass is 10.1. The van der Waals surface area contributed by atoms with E-state index >= 15 is 0 Å². The average Bonchev–Trinajstić information content (AvgIpc) is 3.08. The predicted molar refractivity (Wildman–Crippen MR) is 83.8 cm³/mol. The van der Waals surface area contributed by atoms with Crippen LogP contribution in [-0.4, -0.2) is 26.4 Å². The second-order valence-corrected chi connectivity index (χ2v) is 4.85. The molecule has 0 unspecified atom stereocenters. The second-order valence-electron chi connectivity index (χ2n) is 4.85. The number of hydrogen-bond donors (Lipinski definition) is 1. The molecule has 0 fully saturated rings. The van der Waals surface area contributed by atoms with Crippen molar-refractivity contribution >= 4 is 12.2 Å². The highest BCUT2D eigenvalue weighted by atomic mass is 16.5. The third kappa shape index (κ3) is 4.13. The molecule has 1 aromatic carbocycles. The monoisotopic (exact) mass is 309 g/mol. The summed E-state index contributed by atoms with van der Waals surface area (Å²) >= 11 is 0. The fourth-order valence-corrected chi connectivity index (χ4v) is 2.05. The number of aromatic nitrogens is 4. The van der Waals surface area contributed by atoms with Crippen LogP contribution in [0.2, 0.25) is 0 Å². The van der Waals surface area contributed by atoms with Gasteiger partial charge in [0.1, 0.15) is 12.4 Å². The molecule has 3 aromatic rings. The summed E-state index contributed by atoms with van der Waals surface area (Å²) in [6.07, 6.45) is 5.74. The molecule has 3 rings (SSSR count). The number of anilines is 1. The van der Waals surface area contributed by atoms with E-state index in [1.165, 1.54) is 11.8 Å². The van der Waals surface area contributed by atoms with Gasteiger partial charge in [-0.1, -0.05) is 24.3 Å². The molecule has 1 N–H and O–H groups in total. The van der Waals surface area contributed by atoms with Gasteiger partial charge in [-0.15, -0.1) is 5.10 Å². The van der Waals surface area contributed by atoms with Crippen molar-refractivity contribution in [3.63, 3.8) is 0 Å². The van der Waals surface area contributed by atoms with E-state index in [9.17, 15) is 4.79 Å². The zero-order valence-electron chi connectivity index (χ0n) is 12.3. The van der Waals surface area contributed by atoms with Crippen LogP contribution < -0.4 is 10.1 Å². The molecule has 0 saturated heterocycles. The number of ether oxygens (including phenoxy) is 1. The lowest BCUT2D eigenvalue weighted by Gasteiger charge is -2.08. The van der Waals surface area contributed by atoms with Gasteiger partial charge in [0.05, 0.1) is 12.7 Å². The number of hydrogen-bond acceptors (Lipinski definition) is 5. The molecule has 7 heteroatoms. The molecular weight excluding hydrogens is 294 g/mol. The van der Waals surface area contributed by atoms with Gasteiger partial charge in [-0.25, -0.2) is 0 Å². The maximum absolute atomic E-state index is 10.4. The summed E-state index contributed by atoms with van der Waals surface area (Å²) in [5.74, 6) is 0.900. The Morgan fingerprint density at radius 2 is 2.04 bits per heavy atom. The molecule has 116 valence electrons. The Balaban J connectivity index is 1.58. The highest BCUT2D eigenvalue weighted by Gasteiger charge is 2.01. The molecule has 1 amide bonds. The summed E-state index contributed by atoms with van der Waals surface area (Å²) in [4.78, 5) is 10.4. The van der Waals surface area contributed by atoms with Gasteiger partial charge in [0.25, 0.3) is 0 Å². The number of carbonyl (C=O) groups is 1. The van der Waals surface area contributed by atoms with Crippen molar-refractivity contribution in [2.45, 2.75) is 13.2 Å². The first kappa shape index (κ1) is 14.7. The van der Waals surface area contributed by atoms with Crippen LogP contribution in [0.3, 0.4) is 0 Å². The molecule has 0 aliphatic rings. The van der Waals surface area contributed by atoms with Crippen molar-refractivity contribution in [3.05, 3.63) is 66.1 Å². The van der Waals surface area contributed by atoms with Crippen LogP contribution in [0.5, 0.6) is 5.75 Å². The normalized spacial score (nSPS) is 10.3. The highest BCUT2D eigenvalue weighted by molar-refractivity contribution is 5.68. The van der Waals surface area contributed by atoms with Crippen LogP contribution in [0.15, 0.2) is 55.0 Å². The Hall–Kier alpha value is -3.22. The summed E-state index contributed by atoms with van der Waals surface area (Å²) in [5, 5.41) is 14.1. The number of carbonyl (C=O) groups excluding carboxylic acids is 1. The van der Waals surface area contributed by atoms with Crippen molar-refractivity contribution in [2.24, 2.45) is 0 Å². The minimum absolute atomic E-state index is 0.354. The van der Waals surface area contributed by atoms with E-state index in [-0.39, 0.29) is 0 Å². The smallest absolute Gasteiger partial charge is 0.212 e. The number of amides is 1. The maximum Gasteiger partial charge on any atom is 0.212 e. The third-order valence-corrected chi connectivity index (χ3v) is 3.17. The standard InChI is InChI=1S/C16H15N5O2/c22-12-17-16-8-15(9-18-20-16)23-11-14-4-2-13(3-5-14)10-21-7-1-6-19-21/h1-9,12H,10-11H2,(H,17,20,22). The molecule has 0 radical (unpaired) electrons. The lowest BCUT2D eigenvalue weighted by Crippen LogP contribution is -2.02. The van der Waals surface area contributed by atoms with E-state index < -0.39 is 0 Å². The van der Waals surface area contributed by atoms with E-state index in [1.807, 2.05) is 41.2 Å². The third-order valence-electron chi connectivity index (χ3n) is 3.17. The number of nitrogens with one attached hydrogen (secondary N) is 1. The summed E-state index contributed by atoms with van der Waals surface area (Å²) in [6, 6.07) is 11.6. The molecule has 0 aliphatic heterocycles. The zero-order chi connectivity index (χ0) is 15.9. The van der Waals surface area contributed by atoms with Crippen LogP contribution in [-0.2, 0) is 17.9 Å². The van der Waals surface area contributed by atoms with Gasteiger partial charge in [0.2, 0.25) is 6.41 Å². The Labute approximate surface area is 132 Å². The van der Waals surface area contributed by atoms with Gasteiger partial charge in [0, 0.05) is 18.5 Å². The van der Waals surface area contributed by atoms with Crippen LogP contribution >= 0.6 is 0 Å². The molecule has 0 spiro atoms. The summed E-state index contributed by atoms with van der Waals surface area (Å²) < 4.78 is 7.52. The fourth-order valence-electron chi connectivity index (χ4n) is 2.05. The van der Waals surface area contributed by atoms with Crippen molar-refractivity contribution < 1.29 is 9.53 Å². The van der Waals surface area contributed by atoms with E-state index in [0.29, 0.717) is 24.6 Å². The first-order valence-electron chi connectivity index (χ1n) is 7.04. The molecule has 7 nitrogen and oxygen atoms in total. The molecule has 2 heterocycles. The van der Waals surface area contributed by atoms with Gasteiger partial charge < -0.3 is 10.1 Å². The molecule has 0 bridgehead atoms. The molecular formula is C16H15N5O2. The summed E-state index contributed by atoms with van der Waals surface area (Å²) in [6.45, 7) is 1.15. The van der Waals surface area contributed by atoms with Crippen LogP contribution in [0.25, 0.3) is 0 Å². The average molecular weight is 309 g/mol. The summed E-state index contributed by atoms with van der Waals surface area (Å²) in [5.41, 5.74) is 2.21. The van der Waals surface area contributed by atoms with Crippen molar-refractivity contribution in [1.29, 1.82) is 0 Å². The van der Waals surface area contributed by atoms with E-state index in [2.05, 4.69) is 20.6 Å². The van der Waals surface area contributed by atoms with Crippen LogP contribution in [0.1, 0.15) is 11.1 Å². The first-order chi connectivity index (χ1) is 11.3. The Bertz CT molecular complexity index is 756. The number of benzene rings is 1. The molecule has 23 heavy (non-hydrogen) atoms. The topological polar surface area (TPSA) is 81.9 Å². The minimum atomic E-state index is 0.354. The number of rotatable bonds is 7. The van der Waals surface area contributed by atoms with E-state index in [4.69, 9.17) is 4.74 Å². The fraction of sp³-hybridized carbons (Fsp3) is 0.125. The largest absolute Gasteiger partial charge is 0.487 e. The first-order valence-corrected chi connectivity index (χ1v) is 7.04. The molecule has 0 aliphatic carbocycles. The Morgan fingerprint density at radius 3 is 2.78 bits per heavy atom. The van der Waals surface area contributed by atoms with Gasteiger partial charge >= 0.3 is 0 Å². The van der Waals surface area contributed by atoms with Gasteiger partial charge in [-0.2, -0.15) is 10.2 Å². The second kappa shape index (κ2) is 7.17. The maximum atomic E-state index is 10.4. The quantitative estimate of drug-likeness (QED) is 0.674. The van der Waals surface area contributed by atoms with Crippen molar-refractivity contribution in [3.8, 4) is 5.75 Å². The Morgan fingerprint density at radius 1 is 1.22 bits per heavy atom. The molecule has 0 saturated carbocycles. The van der Waals surface area contributed by atoms with Gasteiger partial charge in [0.15, 0.2) is 5.82 Å². The lowest BCUT2D eigenvalue weighted by molar-refractivity contribution is -0.105. The predicted octanol–water partition coefficient (Wildman–Crippen LogP) is 1.87. The van der Waals surface area contributed by atoms with Crippen LogP contribution in [0, 0.1) is 0 Å². The summed E-state index contributed by atoms with van der Waals surface area (Å²) in [7, 11) is 0. The highest BCUT2D eigenvalue weighted by Crippen LogP contribution is 2.15. The molecule has 0 atom stereocenters. The van der Waals surface area contributed by atoms with E-state index in [1.54, 1.807) is 12.3 Å². The van der Waals surface area contributed by atoms with Crippen LogP contribution in [0.4, 0.5) is 5.82 Å². The zero-order valence-corrected chi connectivity index (χ0v) is 12.3.